The highest BCUT2D eigenvalue weighted by atomic mass is 16.2. The van der Waals surface area contributed by atoms with E-state index in [1.54, 1.807) is 0 Å². The highest BCUT2D eigenvalue weighted by Crippen LogP contribution is 2.24. The number of rotatable bonds is 5. The van der Waals surface area contributed by atoms with Gasteiger partial charge in [0.25, 0.3) is 0 Å². The Kier molecular flexibility index (Phi) is 6.73. The van der Waals surface area contributed by atoms with Gasteiger partial charge in [-0.15, -0.1) is 0 Å². The Morgan fingerprint density at radius 1 is 0.914 bits per heavy atom. The number of aromatic nitrogens is 2. The molecular formula is C29H35N5O. The first kappa shape index (κ1) is 23.4. The molecule has 0 aliphatic carbocycles. The molecule has 2 aromatic carbocycles. The third kappa shape index (κ3) is 5.33. The van der Waals surface area contributed by atoms with Gasteiger partial charge in [-0.2, -0.15) is 5.10 Å². The van der Waals surface area contributed by atoms with E-state index in [9.17, 15) is 4.79 Å². The molecule has 1 aromatic heterocycles. The second-order valence-corrected chi connectivity index (χ2v) is 9.88. The SMILES string of the molecule is Cc1ccc(-n2cc(C3=CCN(CC(=O)N4CCN(c5ccc(C)cc5C)CC4)CC3)cn2)cc1. The van der Waals surface area contributed by atoms with Crippen molar-refractivity contribution in [2.75, 3.05) is 50.7 Å². The molecule has 35 heavy (non-hydrogen) atoms. The summed E-state index contributed by atoms with van der Waals surface area (Å²) in [7, 11) is 0. The molecule has 5 rings (SSSR count). The summed E-state index contributed by atoms with van der Waals surface area (Å²) in [6.07, 6.45) is 7.24. The number of carbonyl (C=O) groups is 1. The summed E-state index contributed by atoms with van der Waals surface area (Å²) < 4.78 is 1.93. The molecule has 0 unspecified atom stereocenters. The van der Waals surface area contributed by atoms with E-state index in [1.807, 2.05) is 15.8 Å². The van der Waals surface area contributed by atoms with E-state index in [4.69, 9.17) is 0 Å². The Labute approximate surface area is 208 Å². The van der Waals surface area contributed by atoms with Crippen molar-refractivity contribution >= 4 is 17.2 Å². The predicted molar refractivity (Wildman–Crippen MR) is 142 cm³/mol. The van der Waals surface area contributed by atoms with Gasteiger partial charge in [0.1, 0.15) is 0 Å². The van der Waals surface area contributed by atoms with Gasteiger partial charge in [0.05, 0.1) is 18.4 Å². The van der Waals surface area contributed by atoms with Gasteiger partial charge in [0.15, 0.2) is 0 Å². The van der Waals surface area contributed by atoms with Gasteiger partial charge < -0.3 is 9.80 Å². The van der Waals surface area contributed by atoms with Crippen LogP contribution in [0.4, 0.5) is 5.69 Å². The zero-order valence-electron chi connectivity index (χ0n) is 21.1. The summed E-state index contributed by atoms with van der Waals surface area (Å²) in [5, 5.41) is 4.55. The molecule has 3 aromatic rings. The van der Waals surface area contributed by atoms with Crippen molar-refractivity contribution in [2.45, 2.75) is 27.2 Å². The molecule has 0 atom stereocenters. The number of amides is 1. The molecular weight excluding hydrogens is 434 g/mol. The molecule has 6 nitrogen and oxygen atoms in total. The van der Waals surface area contributed by atoms with Gasteiger partial charge in [-0.25, -0.2) is 4.68 Å². The Morgan fingerprint density at radius 3 is 2.34 bits per heavy atom. The van der Waals surface area contributed by atoms with Gasteiger partial charge in [-0.1, -0.05) is 41.5 Å². The Balaban J connectivity index is 1.13. The Hall–Kier alpha value is -3.38. The molecule has 6 heteroatoms. The lowest BCUT2D eigenvalue weighted by Crippen LogP contribution is -2.51. The summed E-state index contributed by atoms with van der Waals surface area (Å²) in [6.45, 7) is 12.0. The number of anilines is 1. The summed E-state index contributed by atoms with van der Waals surface area (Å²) in [5.41, 5.74) is 8.69. The van der Waals surface area contributed by atoms with E-state index >= 15 is 0 Å². The maximum Gasteiger partial charge on any atom is 0.236 e. The molecule has 1 saturated heterocycles. The molecule has 0 spiro atoms. The average molecular weight is 470 g/mol. The second-order valence-electron chi connectivity index (χ2n) is 9.88. The summed E-state index contributed by atoms with van der Waals surface area (Å²) in [5.74, 6) is 0.245. The molecule has 1 fully saturated rings. The second kappa shape index (κ2) is 10.1. The van der Waals surface area contributed by atoms with Crippen LogP contribution in [0.5, 0.6) is 0 Å². The first-order chi connectivity index (χ1) is 17.0. The van der Waals surface area contributed by atoms with Crippen molar-refractivity contribution in [2.24, 2.45) is 0 Å². The molecule has 2 aliphatic rings. The van der Waals surface area contributed by atoms with E-state index in [0.717, 1.165) is 51.4 Å². The van der Waals surface area contributed by atoms with Crippen LogP contribution in [-0.4, -0.2) is 71.3 Å². The number of nitrogens with zero attached hydrogens (tertiary/aromatic N) is 5. The minimum atomic E-state index is 0.245. The Morgan fingerprint density at radius 2 is 1.66 bits per heavy atom. The highest BCUT2D eigenvalue weighted by Gasteiger charge is 2.24. The average Bonchev–Trinajstić information content (AvgIpc) is 3.35. The molecule has 1 amide bonds. The minimum Gasteiger partial charge on any atom is -0.368 e. The Bertz CT molecular complexity index is 1220. The lowest BCUT2D eigenvalue weighted by Gasteiger charge is -2.38. The van der Waals surface area contributed by atoms with Crippen molar-refractivity contribution in [3.8, 4) is 5.69 Å². The van der Waals surface area contributed by atoms with Crippen LogP contribution >= 0.6 is 0 Å². The zero-order valence-corrected chi connectivity index (χ0v) is 21.1. The van der Waals surface area contributed by atoms with Crippen LogP contribution in [0.25, 0.3) is 11.3 Å². The van der Waals surface area contributed by atoms with Gasteiger partial charge in [0.2, 0.25) is 5.91 Å². The monoisotopic (exact) mass is 469 g/mol. The molecule has 0 saturated carbocycles. The number of carbonyl (C=O) groups excluding carboxylic acids is 1. The lowest BCUT2D eigenvalue weighted by molar-refractivity contribution is -0.132. The summed E-state index contributed by atoms with van der Waals surface area (Å²) >= 11 is 0. The van der Waals surface area contributed by atoms with Crippen LogP contribution in [-0.2, 0) is 4.79 Å². The quantitative estimate of drug-likeness (QED) is 0.561. The third-order valence-electron chi connectivity index (χ3n) is 7.23. The predicted octanol–water partition coefficient (Wildman–Crippen LogP) is 4.24. The maximum absolute atomic E-state index is 13.0. The van der Waals surface area contributed by atoms with E-state index in [-0.39, 0.29) is 5.91 Å². The minimum absolute atomic E-state index is 0.245. The zero-order chi connectivity index (χ0) is 24.4. The molecule has 3 heterocycles. The van der Waals surface area contributed by atoms with Crippen LogP contribution in [0.15, 0.2) is 60.9 Å². The van der Waals surface area contributed by atoms with E-state index in [0.29, 0.717) is 6.54 Å². The van der Waals surface area contributed by atoms with E-state index in [1.165, 1.54) is 33.5 Å². The van der Waals surface area contributed by atoms with Crippen molar-refractivity contribution in [3.05, 3.63) is 83.2 Å². The van der Waals surface area contributed by atoms with Crippen LogP contribution < -0.4 is 4.90 Å². The highest BCUT2D eigenvalue weighted by molar-refractivity contribution is 5.79. The normalized spacial score (nSPS) is 16.9. The fourth-order valence-electron chi connectivity index (χ4n) is 5.09. The number of hydrogen-bond donors (Lipinski definition) is 0. The number of hydrogen-bond acceptors (Lipinski definition) is 4. The number of aryl methyl sites for hydroxylation is 3. The summed E-state index contributed by atoms with van der Waals surface area (Å²) in [4.78, 5) is 19.7. The lowest BCUT2D eigenvalue weighted by atomic mass is 10.0. The van der Waals surface area contributed by atoms with Crippen molar-refractivity contribution < 1.29 is 4.79 Å². The smallest absolute Gasteiger partial charge is 0.236 e. The van der Waals surface area contributed by atoms with Gasteiger partial charge in [-0.3, -0.25) is 9.69 Å². The van der Waals surface area contributed by atoms with Gasteiger partial charge in [-0.05, 0) is 56.5 Å². The van der Waals surface area contributed by atoms with Crippen molar-refractivity contribution in [1.82, 2.24) is 19.6 Å². The topological polar surface area (TPSA) is 44.6 Å². The van der Waals surface area contributed by atoms with Crippen LogP contribution in [0.1, 0.15) is 28.7 Å². The molecule has 182 valence electrons. The third-order valence-corrected chi connectivity index (χ3v) is 7.23. The van der Waals surface area contributed by atoms with Gasteiger partial charge in [0, 0.05) is 56.7 Å². The first-order valence-electron chi connectivity index (χ1n) is 12.6. The number of benzene rings is 2. The van der Waals surface area contributed by atoms with Crippen LogP contribution in [0, 0.1) is 20.8 Å². The van der Waals surface area contributed by atoms with Gasteiger partial charge >= 0.3 is 0 Å². The molecule has 0 radical (unpaired) electrons. The standard InChI is InChI=1S/C29H35N5O/c1-22-4-7-27(8-5-22)34-20-26(19-30-34)25-10-12-31(13-11-25)21-29(35)33-16-14-32(15-17-33)28-9-6-23(2)18-24(28)3/h4-10,18-20H,11-17,21H2,1-3H3. The van der Waals surface area contributed by atoms with E-state index in [2.05, 4.69) is 90.4 Å². The number of piperazine rings is 1. The molecule has 0 bridgehead atoms. The molecule has 2 aliphatic heterocycles. The summed E-state index contributed by atoms with van der Waals surface area (Å²) in [6, 6.07) is 15.0. The van der Waals surface area contributed by atoms with Crippen LogP contribution in [0.2, 0.25) is 0 Å². The van der Waals surface area contributed by atoms with Crippen molar-refractivity contribution in [1.29, 1.82) is 0 Å². The molecule has 0 N–H and O–H groups in total. The largest absolute Gasteiger partial charge is 0.368 e. The first-order valence-corrected chi connectivity index (χ1v) is 12.6. The van der Waals surface area contributed by atoms with Crippen molar-refractivity contribution in [3.63, 3.8) is 0 Å². The fraction of sp³-hybridized carbons (Fsp3) is 0.379. The van der Waals surface area contributed by atoms with Crippen LogP contribution in [0.3, 0.4) is 0 Å². The fourth-order valence-corrected chi connectivity index (χ4v) is 5.09. The van der Waals surface area contributed by atoms with E-state index < -0.39 is 0 Å². The maximum atomic E-state index is 13.0.